The molecule has 0 aromatic rings. The van der Waals surface area contributed by atoms with Crippen molar-refractivity contribution < 1.29 is 9.84 Å². The highest BCUT2D eigenvalue weighted by atomic mass is 16.6. The zero-order chi connectivity index (χ0) is 12.2. The first kappa shape index (κ1) is 11.7. The van der Waals surface area contributed by atoms with Gasteiger partial charge in [-0.15, -0.1) is 0 Å². The molecular weight excluding hydrogens is 212 g/mol. The molecule has 3 saturated carbocycles. The van der Waals surface area contributed by atoms with E-state index in [0.717, 1.165) is 29.7 Å². The average molecular weight is 236 g/mol. The minimum absolute atomic E-state index is 0.103. The van der Waals surface area contributed by atoms with E-state index >= 15 is 0 Å². The standard InChI is InChI=1S/C15H24O2/c1-9(2)14(16)17-15(3)8-10-7-13(15)12-6-4-5-11(10)12/h10-14,16H,1,4-8H2,2-3H3. The van der Waals surface area contributed by atoms with Crippen LogP contribution in [0.1, 0.15) is 46.0 Å². The number of ether oxygens (including phenoxy) is 1. The maximum absolute atomic E-state index is 9.90. The van der Waals surface area contributed by atoms with Gasteiger partial charge in [0.2, 0.25) is 0 Å². The predicted molar refractivity (Wildman–Crippen MR) is 67.4 cm³/mol. The Balaban J connectivity index is 1.75. The van der Waals surface area contributed by atoms with Crippen LogP contribution in [0.25, 0.3) is 0 Å². The molecule has 0 spiro atoms. The van der Waals surface area contributed by atoms with Crippen molar-refractivity contribution in [3.05, 3.63) is 12.2 Å². The van der Waals surface area contributed by atoms with Gasteiger partial charge in [-0.05, 0) is 68.8 Å². The molecule has 6 unspecified atom stereocenters. The zero-order valence-corrected chi connectivity index (χ0v) is 11.0. The van der Waals surface area contributed by atoms with Gasteiger partial charge in [-0.2, -0.15) is 0 Å². The van der Waals surface area contributed by atoms with E-state index in [2.05, 4.69) is 13.5 Å². The van der Waals surface area contributed by atoms with Crippen molar-refractivity contribution >= 4 is 0 Å². The lowest BCUT2D eigenvalue weighted by Crippen LogP contribution is -2.43. The van der Waals surface area contributed by atoms with Crippen molar-refractivity contribution in [1.82, 2.24) is 0 Å². The first-order valence-corrected chi connectivity index (χ1v) is 7.02. The summed E-state index contributed by atoms with van der Waals surface area (Å²) in [6, 6.07) is 0. The molecule has 2 nitrogen and oxygen atoms in total. The lowest BCUT2D eigenvalue weighted by molar-refractivity contribution is -0.188. The molecule has 0 amide bonds. The highest BCUT2D eigenvalue weighted by Crippen LogP contribution is 2.63. The van der Waals surface area contributed by atoms with Crippen molar-refractivity contribution in [2.75, 3.05) is 0 Å². The van der Waals surface area contributed by atoms with Crippen LogP contribution in [-0.4, -0.2) is 17.0 Å². The highest BCUT2D eigenvalue weighted by molar-refractivity contribution is 5.10. The molecule has 0 aliphatic heterocycles. The first-order valence-electron chi connectivity index (χ1n) is 7.02. The Kier molecular flexibility index (Phi) is 2.64. The molecule has 1 N–H and O–H groups in total. The molecule has 3 aliphatic carbocycles. The third-order valence-electron chi connectivity index (χ3n) is 5.56. The summed E-state index contributed by atoms with van der Waals surface area (Å²) in [5.74, 6) is 3.37. The molecule has 3 rings (SSSR count). The third kappa shape index (κ3) is 1.68. The van der Waals surface area contributed by atoms with Crippen LogP contribution >= 0.6 is 0 Å². The van der Waals surface area contributed by atoms with E-state index in [0.29, 0.717) is 5.92 Å². The second-order valence-corrected chi connectivity index (χ2v) is 6.69. The number of hydrogen-bond acceptors (Lipinski definition) is 2. The minimum atomic E-state index is -0.779. The molecular formula is C15H24O2. The van der Waals surface area contributed by atoms with Crippen LogP contribution in [0.5, 0.6) is 0 Å². The molecule has 0 aromatic carbocycles. The smallest absolute Gasteiger partial charge is 0.177 e. The second-order valence-electron chi connectivity index (χ2n) is 6.69. The van der Waals surface area contributed by atoms with E-state index in [1.165, 1.54) is 25.7 Å². The van der Waals surface area contributed by atoms with Crippen LogP contribution in [0.15, 0.2) is 12.2 Å². The molecule has 3 aliphatic rings. The molecule has 17 heavy (non-hydrogen) atoms. The lowest BCUT2D eigenvalue weighted by Gasteiger charge is -2.41. The summed E-state index contributed by atoms with van der Waals surface area (Å²) >= 11 is 0. The quantitative estimate of drug-likeness (QED) is 0.602. The summed E-state index contributed by atoms with van der Waals surface area (Å²) in [7, 11) is 0. The monoisotopic (exact) mass is 236 g/mol. The van der Waals surface area contributed by atoms with Crippen LogP contribution in [0, 0.1) is 23.7 Å². The number of fused-ring (bicyclic) bond motifs is 5. The van der Waals surface area contributed by atoms with Crippen LogP contribution in [-0.2, 0) is 4.74 Å². The normalized spacial score (nSPS) is 49.4. The van der Waals surface area contributed by atoms with Crippen molar-refractivity contribution in [3.8, 4) is 0 Å². The van der Waals surface area contributed by atoms with E-state index < -0.39 is 6.29 Å². The van der Waals surface area contributed by atoms with E-state index in [9.17, 15) is 5.11 Å². The van der Waals surface area contributed by atoms with E-state index in [4.69, 9.17) is 4.74 Å². The molecule has 6 atom stereocenters. The van der Waals surface area contributed by atoms with Crippen LogP contribution in [0.4, 0.5) is 0 Å². The Morgan fingerprint density at radius 1 is 1.41 bits per heavy atom. The fraction of sp³-hybridized carbons (Fsp3) is 0.867. The van der Waals surface area contributed by atoms with Crippen LogP contribution in [0.2, 0.25) is 0 Å². The SMILES string of the molecule is C=C(C)C(O)OC1(C)CC2CC1C1CCCC21. The van der Waals surface area contributed by atoms with Gasteiger partial charge in [0, 0.05) is 0 Å². The van der Waals surface area contributed by atoms with Crippen molar-refractivity contribution in [1.29, 1.82) is 0 Å². The van der Waals surface area contributed by atoms with Gasteiger partial charge in [0.05, 0.1) is 5.60 Å². The molecule has 0 saturated heterocycles. The molecule has 0 radical (unpaired) electrons. The van der Waals surface area contributed by atoms with Gasteiger partial charge in [0.15, 0.2) is 6.29 Å². The number of aliphatic hydroxyl groups is 1. The molecule has 0 heterocycles. The topological polar surface area (TPSA) is 29.5 Å². The molecule has 2 heteroatoms. The number of aliphatic hydroxyl groups excluding tert-OH is 1. The Hall–Kier alpha value is -0.340. The lowest BCUT2D eigenvalue weighted by atomic mass is 9.73. The van der Waals surface area contributed by atoms with Crippen molar-refractivity contribution in [3.63, 3.8) is 0 Å². The number of hydrogen-bond donors (Lipinski definition) is 1. The second kappa shape index (κ2) is 3.83. The van der Waals surface area contributed by atoms with Gasteiger partial charge in [-0.3, -0.25) is 0 Å². The Morgan fingerprint density at radius 3 is 2.82 bits per heavy atom. The van der Waals surface area contributed by atoms with Gasteiger partial charge in [-0.1, -0.05) is 13.0 Å². The van der Waals surface area contributed by atoms with Crippen molar-refractivity contribution in [2.45, 2.75) is 57.8 Å². The fourth-order valence-electron chi connectivity index (χ4n) is 4.88. The molecule has 0 aromatic heterocycles. The van der Waals surface area contributed by atoms with Crippen molar-refractivity contribution in [2.24, 2.45) is 23.7 Å². The van der Waals surface area contributed by atoms with E-state index in [-0.39, 0.29) is 5.60 Å². The Labute approximate surface area is 104 Å². The summed E-state index contributed by atoms with van der Waals surface area (Å²) in [6.45, 7) is 7.82. The van der Waals surface area contributed by atoms with Gasteiger partial charge in [0.25, 0.3) is 0 Å². The summed E-state index contributed by atoms with van der Waals surface area (Å²) < 4.78 is 5.96. The molecule has 3 fully saturated rings. The van der Waals surface area contributed by atoms with Gasteiger partial charge in [0.1, 0.15) is 0 Å². The van der Waals surface area contributed by atoms with Crippen LogP contribution < -0.4 is 0 Å². The summed E-state index contributed by atoms with van der Waals surface area (Å²) in [6.07, 6.45) is 5.91. The largest absolute Gasteiger partial charge is 0.364 e. The fourth-order valence-corrected chi connectivity index (χ4v) is 4.88. The van der Waals surface area contributed by atoms with Gasteiger partial charge >= 0.3 is 0 Å². The Bertz CT molecular complexity index is 338. The summed E-state index contributed by atoms with van der Waals surface area (Å²) in [5, 5.41) is 9.90. The van der Waals surface area contributed by atoms with E-state index in [1.807, 2.05) is 6.92 Å². The number of rotatable bonds is 3. The minimum Gasteiger partial charge on any atom is -0.364 e. The first-order chi connectivity index (χ1) is 8.01. The maximum atomic E-state index is 9.90. The predicted octanol–water partition coefficient (Wildman–Crippen LogP) is 3.11. The van der Waals surface area contributed by atoms with Crippen LogP contribution in [0.3, 0.4) is 0 Å². The maximum Gasteiger partial charge on any atom is 0.177 e. The Morgan fingerprint density at radius 2 is 2.12 bits per heavy atom. The molecule has 96 valence electrons. The highest BCUT2D eigenvalue weighted by Gasteiger charge is 2.60. The molecule has 2 bridgehead atoms. The summed E-state index contributed by atoms with van der Waals surface area (Å²) in [4.78, 5) is 0. The van der Waals surface area contributed by atoms with Gasteiger partial charge < -0.3 is 9.84 Å². The summed E-state index contributed by atoms with van der Waals surface area (Å²) in [5.41, 5.74) is 0.617. The van der Waals surface area contributed by atoms with Gasteiger partial charge in [-0.25, -0.2) is 0 Å². The zero-order valence-electron chi connectivity index (χ0n) is 11.0. The average Bonchev–Trinajstić information content (AvgIpc) is 2.86. The third-order valence-corrected chi connectivity index (χ3v) is 5.56. The van der Waals surface area contributed by atoms with E-state index in [1.54, 1.807) is 0 Å².